The molecule has 0 fully saturated rings. The number of nitriles is 1. The molecule has 0 amide bonds. The van der Waals surface area contributed by atoms with Gasteiger partial charge in [0.1, 0.15) is 17.5 Å². The molecular weight excluding hydrogens is 294 g/mol. The number of hydrogen-bond donors (Lipinski definition) is 1. The van der Waals surface area contributed by atoms with Crippen molar-refractivity contribution in [2.24, 2.45) is 0 Å². The molecule has 3 aromatic rings. The Hall–Kier alpha value is -2.83. The van der Waals surface area contributed by atoms with Crippen molar-refractivity contribution in [3.05, 3.63) is 71.4 Å². The summed E-state index contributed by atoms with van der Waals surface area (Å²) in [6.45, 7) is 0. The topological polar surface area (TPSA) is 62.7 Å². The van der Waals surface area contributed by atoms with E-state index in [4.69, 9.17) is 17.3 Å². The molecule has 0 atom stereocenters. The van der Waals surface area contributed by atoms with E-state index in [0.717, 1.165) is 16.7 Å². The van der Waals surface area contributed by atoms with Crippen molar-refractivity contribution in [2.45, 2.75) is 0 Å². The van der Waals surface area contributed by atoms with Gasteiger partial charge < -0.3 is 5.73 Å². The summed E-state index contributed by atoms with van der Waals surface area (Å²) < 4.78 is 0. The Balaban J connectivity index is 2.39. The molecule has 1 heterocycles. The van der Waals surface area contributed by atoms with E-state index >= 15 is 0 Å². The highest BCUT2D eigenvalue weighted by atomic mass is 35.5. The van der Waals surface area contributed by atoms with Gasteiger partial charge in [-0.1, -0.05) is 60.1 Å². The minimum Gasteiger partial charge on any atom is -0.383 e. The van der Waals surface area contributed by atoms with Gasteiger partial charge in [0.05, 0.1) is 0 Å². The van der Waals surface area contributed by atoms with Gasteiger partial charge in [0, 0.05) is 27.9 Å². The fourth-order valence-corrected chi connectivity index (χ4v) is 2.65. The first-order valence-electron chi connectivity index (χ1n) is 6.71. The highest BCUT2D eigenvalue weighted by molar-refractivity contribution is 6.33. The van der Waals surface area contributed by atoms with Gasteiger partial charge in [-0.2, -0.15) is 5.26 Å². The number of rotatable bonds is 2. The Bertz CT molecular complexity index is 867. The van der Waals surface area contributed by atoms with E-state index in [1.807, 2.05) is 48.5 Å². The maximum absolute atomic E-state index is 9.51. The quantitative estimate of drug-likeness (QED) is 0.757. The van der Waals surface area contributed by atoms with Crippen LogP contribution in [0.4, 0.5) is 5.82 Å². The van der Waals surface area contributed by atoms with Gasteiger partial charge >= 0.3 is 0 Å². The number of aromatic nitrogens is 1. The largest absolute Gasteiger partial charge is 0.383 e. The van der Waals surface area contributed by atoms with E-state index in [2.05, 4.69) is 11.1 Å². The summed E-state index contributed by atoms with van der Waals surface area (Å²) in [6.07, 6.45) is 1.68. The summed E-state index contributed by atoms with van der Waals surface area (Å²) in [4.78, 5) is 4.15. The molecule has 3 rings (SSSR count). The van der Waals surface area contributed by atoms with Crippen LogP contribution >= 0.6 is 11.6 Å². The second kappa shape index (κ2) is 5.88. The summed E-state index contributed by atoms with van der Waals surface area (Å²) in [5.41, 5.74) is 9.51. The number of nitrogens with two attached hydrogens (primary N) is 1. The van der Waals surface area contributed by atoms with Crippen LogP contribution in [0, 0.1) is 11.3 Å². The van der Waals surface area contributed by atoms with E-state index in [9.17, 15) is 5.26 Å². The molecule has 4 heteroatoms. The van der Waals surface area contributed by atoms with Crippen LogP contribution in [-0.4, -0.2) is 4.98 Å². The molecule has 0 saturated carbocycles. The summed E-state index contributed by atoms with van der Waals surface area (Å²) >= 11 is 6.33. The molecule has 0 saturated heterocycles. The third-order valence-electron chi connectivity index (χ3n) is 3.45. The zero-order valence-corrected chi connectivity index (χ0v) is 12.4. The first kappa shape index (κ1) is 14.1. The van der Waals surface area contributed by atoms with Gasteiger partial charge in [-0.15, -0.1) is 0 Å². The first-order valence-corrected chi connectivity index (χ1v) is 7.09. The number of pyridine rings is 1. The van der Waals surface area contributed by atoms with Gasteiger partial charge in [0.15, 0.2) is 0 Å². The fraction of sp³-hybridized carbons (Fsp3) is 0. The van der Waals surface area contributed by atoms with E-state index < -0.39 is 0 Å². The van der Waals surface area contributed by atoms with Crippen molar-refractivity contribution < 1.29 is 0 Å². The zero-order chi connectivity index (χ0) is 15.5. The SMILES string of the molecule is N#Cc1c(N)ncc(-c2ccccc2)c1-c1ccccc1Cl. The van der Waals surface area contributed by atoms with Crippen molar-refractivity contribution in [3.63, 3.8) is 0 Å². The van der Waals surface area contributed by atoms with Crippen LogP contribution in [0.25, 0.3) is 22.3 Å². The van der Waals surface area contributed by atoms with Crippen LogP contribution in [0.5, 0.6) is 0 Å². The molecule has 106 valence electrons. The van der Waals surface area contributed by atoms with Crippen molar-refractivity contribution >= 4 is 17.4 Å². The Morgan fingerprint density at radius 3 is 2.32 bits per heavy atom. The minimum absolute atomic E-state index is 0.206. The van der Waals surface area contributed by atoms with Gasteiger partial charge in [-0.05, 0) is 11.6 Å². The van der Waals surface area contributed by atoms with Gasteiger partial charge in [-0.25, -0.2) is 4.98 Å². The van der Waals surface area contributed by atoms with Crippen molar-refractivity contribution in [2.75, 3.05) is 5.73 Å². The average Bonchev–Trinajstić information content (AvgIpc) is 2.56. The van der Waals surface area contributed by atoms with Crippen LogP contribution < -0.4 is 5.73 Å². The summed E-state index contributed by atoms with van der Waals surface area (Å²) in [7, 11) is 0. The molecule has 0 aliphatic rings. The molecule has 0 aliphatic heterocycles. The monoisotopic (exact) mass is 305 g/mol. The smallest absolute Gasteiger partial charge is 0.141 e. The van der Waals surface area contributed by atoms with Crippen molar-refractivity contribution in [3.8, 4) is 28.3 Å². The Kier molecular flexibility index (Phi) is 3.78. The predicted octanol–water partition coefficient (Wildman–Crippen LogP) is 4.52. The van der Waals surface area contributed by atoms with Crippen LogP contribution in [0.15, 0.2) is 60.8 Å². The fourth-order valence-electron chi connectivity index (χ4n) is 2.42. The molecule has 0 bridgehead atoms. The molecule has 2 aromatic carbocycles. The van der Waals surface area contributed by atoms with Crippen LogP contribution in [0.3, 0.4) is 0 Å². The highest BCUT2D eigenvalue weighted by Crippen LogP contribution is 2.39. The zero-order valence-electron chi connectivity index (χ0n) is 11.6. The van der Waals surface area contributed by atoms with Crippen LogP contribution in [0.1, 0.15) is 5.56 Å². The van der Waals surface area contributed by atoms with E-state index in [1.165, 1.54) is 0 Å². The number of benzene rings is 2. The van der Waals surface area contributed by atoms with Crippen molar-refractivity contribution in [1.29, 1.82) is 5.26 Å². The summed E-state index contributed by atoms with van der Waals surface area (Å²) in [6, 6.07) is 19.3. The first-order chi connectivity index (χ1) is 10.7. The number of anilines is 1. The third-order valence-corrected chi connectivity index (χ3v) is 3.78. The molecule has 2 N–H and O–H groups in total. The molecule has 1 aromatic heterocycles. The third kappa shape index (κ3) is 2.41. The molecule has 22 heavy (non-hydrogen) atoms. The molecule has 0 unspecified atom stereocenters. The van der Waals surface area contributed by atoms with Crippen LogP contribution in [0.2, 0.25) is 5.02 Å². The second-order valence-corrected chi connectivity index (χ2v) is 5.17. The van der Waals surface area contributed by atoms with E-state index in [0.29, 0.717) is 16.1 Å². The predicted molar refractivity (Wildman–Crippen MR) is 89.2 cm³/mol. The van der Waals surface area contributed by atoms with Gasteiger partial charge in [0.25, 0.3) is 0 Å². The molecule has 0 spiro atoms. The molecular formula is C18H12ClN3. The lowest BCUT2D eigenvalue weighted by Crippen LogP contribution is -2.00. The average molecular weight is 306 g/mol. The maximum Gasteiger partial charge on any atom is 0.141 e. The summed E-state index contributed by atoms with van der Waals surface area (Å²) in [5, 5.41) is 10.1. The second-order valence-electron chi connectivity index (χ2n) is 4.76. The summed E-state index contributed by atoms with van der Waals surface area (Å²) in [5.74, 6) is 0.206. The minimum atomic E-state index is 0.206. The normalized spacial score (nSPS) is 10.2. The number of nitrogens with zero attached hydrogens (tertiary/aromatic N) is 2. The number of hydrogen-bond acceptors (Lipinski definition) is 3. The molecule has 0 radical (unpaired) electrons. The highest BCUT2D eigenvalue weighted by Gasteiger charge is 2.18. The van der Waals surface area contributed by atoms with Crippen LogP contribution in [-0.2, 0) is 0 Å². The number of nitrogen functional groups attached to an aromatic ring is 1. The Morgan fingerprint density at radius 2 is 1.64 bits per heavy atom. The lowest BCUT2D eigenvalue weighted by Gasteiger charge is -2.14. The molecule has 0 aliphatic carbocycles. The molecule has 3 nitrogen and oxygen atoms in total. The lowest BCUT2D eigenvalue weighted by molar-refractivity contribution is 1.31. The van der Waals surface area contributed by atoms with Gasteiger partial charge in [-0.3, -0.25) is 0 Å². The van der Waals surface area contributed by atoms with E-state index in [1.54, 1.807) is 12.3 Å². The lowest BCUT2D eigenvalue weighted by atomic mass is 9.92. The standard InChI is InChI=1S/C18H12ClN3/c19-16-9-5-4-8-13(16)17-14(10-20)18(21)22-11-15(17)12-6-2-1-3-7-12/h1-9,11H,(H2,21,22). The van der Waals surface area contributed by atoms with Gasteiger partial charge in [0.2, 0.25) is 0 Å². The Morgan fingerprint density at radius 1 is 0.955 bits per heavy atom. The number of halogens is 1. The van der Waals surface area contributed by atoms with E-state index in [-0.39, 0.29) is 5.82 Å². The maximum atomic E-state index is 9.51. The van der Waals surface area contributed by atoms with Crippen molar-refractivity contribution in [1.82, 2.24) is 4.98 Å². The Labute approximate surface area is 133 Å².